The molecular weight excluding hydrogens is 500 g/mol. The van der Waals surface area contributed by atoms with Crippen LogP contribution < -0.4 is 15.1 Å². The van der Waals surface area contributed by atoms with Gasteiger partial charge in [-0.15, -0.1) is 0 Å². The molecule has 36 heavy (non-hydrogen) atoms. The molecule has 1 aromatic heterocycles. The Labute approximate surface area is 220 Å². The molecular formula is C25H33ClN6O3S. The Morgan fingerprint density at radius 2 is 1.81 bits per heavy atom. The Hall–Kier alpha value is -2.43. The van der Waals surface area contributed by atoms with Crippen molar-refractivity contribution in [2.45, 2.75) is 50.2 Å². The first-order chi connectivity index (χ1) is 17.2. The lowest BCUT2D eigenvalue weighted by Crippen LogP contribution is -2.47. The largest absolute Gasteiger partial charge is 0.611 e. The third kappa shape index (κ3) is 5.60. The SMILES string of the molecule is CC(C)(C)OC(=O)N1CC[C@@H](Nc2nc(N3CCN(c4ccc(Cl)cc4)CC3)nc3c2[S+]([O-])CC3)C1. The molecule has 5 rings (SSSR count). The lowest BCUT2D eigenvalue weighted by atomic mass is 10.2. The van der Waals surface area contributed by atoms with Crippen LogP contribution in [0.3, 0.4) is 0 Å². The number of aryl methyl sites for hydroxylation is 1. The fourth-order valence-corrected chi connectivity index (χ4v) is 6.24. The summed E-state index contributed by atoms with van der Waals surface area (Å²) in [4.78, 5) is 29.1. The van der Waals surface area contributed by atoms with Crippen LogP contribution in [0.15, 0.2) is 29.2 Å². The second kappa shape index (κ2) is 10.1. The lowest BCUT2D eigenvalue weighted by molar-refractivity contribution is 0.0293. The van der Waals surface area contributed by atoms with Gasteiger partial charge in [-0.3, -0.25) is 0 Å². The first-order valence-corrected chi connectivity index (χ1v) is 14.2. The Morgan fingerprint density at radius 1 is 1.11 bits per heavy atom. The van der Waals surface area contributed by atoms with Gasteiger partial charge in [-0.1, -0.05) is 11.6 Å². The van der Waals surface area contributed by atoms with Gasteiger partial charge in [0.15, 0.2) is 5.82 Å². The topological polar surface area (TPSA) is 96.9 Å². The quantitative estimate of drug-likeness (QED) is 0.597. The van der Waals surface area contributed by atoms with Gasteiger partial charge < -0.3 is 29.3 Å². The summed E-state index contributed by atoms with van der Waals surface area (Å²) in [5.41, 5.74) is 1.49. The van der Waals surface area contributed by atoms with Crippen molar-refractivity contribution in [3.05, 3.63) is 35.0 Å². The van der Waals surface area contributed by atoms with Gasteiger partial charge in [-0.05, 0) is 62.6 Å². The standard InChI is InChI=1S/C25H33ClN6O3S/c1-25(2,3)35-24(33)32-10-8-18(16-32)27-22-21-20(9-15-36(21)34)28-23(29-22)31-13-11-30(12-14-31)19-6-4-17(26)5-7-19/h4-7,18H,8-16H2,1-3H3,(H,27,28,29)/t18-,36?/m1/s1. The average Bonchev–Trinajstić information content (AvgIpc) is 3.45. The fraction of sp³-hybridized carbons (Fsp3) is 0.560. The van der Waals surface area contributed by atoms with E-state index in [0.717, 1.165) is 49.0 Å². The highest BCUT2D eigenvalue weighted by Gasteiger charge is 2.36. The molecule has 0 aliphatic carbocycles. The van der Waals surface area contributed by atoms with Crippen LogP contribution in [0, 0.1) is 0 Å². The molecule has 4 heterocycles. The van der Waals surface area contributed by atoms with Crippen molar-refractivity contribution in [1.82, 2.24) is 14.9 Å². The number of ether oxygens (including phenoxy) is 1. The molecule has 3 aliphatic heterocycles. The maximum Gasteiger partial charge on any atom is 0.410 e. The molecule has 0 bridgehead atoms. The third-order valence-electron chi connectivity index (χ3n) is 6.61. The average molecular weight is 533 g/mol. The lowest BCUT2D eigenvalue weighted by Gasteiger charge is -2.36. The monoisotopic (exact) mass is 532 g/mol. The number of benzene rings is 1. The van der Waals surface area contributed by atoms with E-state index in [1.807, 2.05) is 45.0 Å². The van der Waals surface area contributed by atoms with Crippen molar-refractivity contribution in [1.29, 1.82) is 0 Å². The smallest absolute Gasteiger partial charge is 0.410 e. The second-order valence-corrected chi connectivity index (χ2v) is 12.4. The van der Waals surface area contributed by atoms with Crippen LogP contribution in [0.5, 0.6) is 0 Å². The van der Waals surface area contributed by atoms with Crippen molar-refractivity contribution in [3.63, 3.8) is 0 Å². The number of hydrogen-bond donors (Lipinski definition) is 1. The van der Waals surface area contributed by atoms with Crippen molar-refractivity contribution in [2.24, 2.45) is 0 Å². The molecule has 0 saturated carbocycles. The Morgan fingerprint density at radius 3 is 2.50 bits per heavy atom. The minimum absolute atomic E-state index is 0.0173. The summed E-state index contributed by atoms with van der Waals surface area (Å²) in [6, 6.07) is 7.94. The zero-order valence-electron chi connectivity index (χ0n) is 21.0. The van der Waals surface area contributed by atoms with Gasteiger partial charge >= 0.3 is 6.09 Å². The first-order valence-electron chi connectivity index (χ1n) is 12.5. The van der Waals surface area contributed by atoms with E-state index in [0.29, 0.717) is 41.9 Å². The van der Waals surface area contributed by atoms with Crippen LogP contribution in [0.25, 0.3) is 0 Å². The molecule has 194 valence electrons. The summed E-state index contributed by atoms with van der Waals surface area (Å²) in [5, 5.41) is 4.23. The van der Waals surface area contributed by atoms with Gasteiger partial charge in [0.2, 0.25) is 10.8 Å². The number of amides is 1. The first kappa shape index (κ1) is 25.2. The molecule has 1 N–H and O–H groups in total. The van der Waals surface area contributed by atoms with Crippen LogP contribution in [0.1, 0.15) is 32.9 Å². The van der Waals surface area contributed by atoms with Gasteiger partial charge in [-0.25, -0.2) is 9.78 Å². The van der Waals surface area contributed by atoms with E-state index in [1.165, 1.54) is 0 Å². The maximum atomic E-state index is 12.8. The molecule has 2 atom stereocenters. The predicted octanol–water partition coefficient (Wildman–Crippen LogP) is 3.54. The van der Waals surface area contributed by atoms with E-state index in [9.17, 15) is 9.35 Å². The number of rotatable bonds is 4. The van der Waals surface area contributed by atoms with Crippen LogP contribution in [0.4, 0.5) is 22.2 Å². The summed E-state index contributed by atoms with van der Waals surface area (Å²) >= 11 is 4.92. The summed E-state index contributed by atoms with van der Waals surface area (Å²) in [7, 11) is 0. The minimum Gasteiger partial charge on any atom is -0.611 e. The van der Waals surface area contributed by atoms with Crippen molar-refractivity contribution in [2.75, 3.05) is 60.1 Å². The van der Waals surface area contributed by atoms with Crippen LogP contribution in [-0.2, 0) is 22.3 Å². The number of halogens is 1. The number of anilines is 3. The number of carbonyl (C=O) groups is 1. The molecule has 0 spiro atoms. The number of carbonyl (C=O) groups excluding carboxylic acids is 1. The number of likely N-dealkylation sites (tertiary alicyclic amines) is 1. The summed E-state index contributed by atoms with van der Waals surface area (Å²) in [5.74, 6) is 1.89. The van der Waals surface area contributed by atoms with E-state index in [1.54, 1.807) is 4.90 Å². The maximum absolute atomic E-state index is 12.8. The van der Waals surface area contributed by atoms with Gasteiger partial charge in [0.25, 0.3) is 0 Å². The highest BCUT2D eigenvalue weighted by atomic mass is 35.5. The predicted molar refractivity (Wildman–Crippen MR) is 143 cm³/mol. The van der Waals surface area contributed by atoms with E-state index in [2.05, 4.69) is 15.1 Å². The Balaban J connectivity index is 1.28. The van der Waals surface area contributed by atoms with Crippen LogP contribution >= 0.6 is 11.6 Å². The number of fused-ring (bicyclic) bond motifs is 1. The molecule has 0 radical (unpaired) electrons. The molecule has 1 amide bonds. The minimum atomic E-state index is -1.12. The van der Waals surface area contributed by atoms with E-state index in [-0.39, 0.29) is 12.1 Å². The Kier molecular flexibility index (Phi) is 7.11. The molecule has 11 heteroatoms. The van der Waals surface area contributed by atoms with Crippen molar-refractivity contribution < 1.29 is 14.1 Å². The van der Waals surface area contributed by atoms with Gasteiger partial charge in [0, 0.05) is 62.4 Å². The van der Waals surface area contributed by atoms with Crippen molar-refractivity contribution >= 4 is 46.3 Å². The number of piperazine rings is 1. The third-order valence-corrected chi connectivity index (χ3v) is 8.32. The van der Waals surface area contributed by atoms with E-state index >= 15 is 0 Å². The molecule has 2 fully saturated rings. The van der Waals surface area contributed by atoms with E-state index < -0.39 is 16.8 Å². The summed E-state index contributed by atoms with van der Waals surface area (Å²) in [6.45, 7) is 10.0. The fourth-order valence-electron chi connectivity index (χ4n) is 4.80. The second-order valence-electron chi connectivity index (χ2n) is 10.5. The zero-order chi connectivity index (χ0) is 25.4. The van der Waals surface area contributed by atoms with Gasteiger partial charge in [0.1, 0.15) is 17.0 Å². The summed E-state index contributed by atoms with van der Waals surface area (Å²) in [6.07, 6.45) is 1.16. The number of hydrogen-bond acceptors (Lipinski definition) is 8. The van der Waals surface area contributed by atoms with Crippen LogP contribution in [-0.4, -0.2) is 82.2 Å². The number of aromatic nitrogens is 2. The van der Waals surface area contributed by atoms with Crippen LogP contribution in [0.2, 0.25) is 5.02 Å². The normalized spacial score (nSPS) is 22.1. The van der Waals surface area contributed by atoms with Gasteiger partial charge in [0.05, 0.1) is 0 Å². The Bertz CT molecular complexity index is 1100. The summed E-state index contributed by atoms with van der Waals surface area (Å²) < 4.78 is 18.3. The molecule has 9 nitrogen and oxygen atoms in total. The highest BCUT2D eigenvalue weighted by Crippen LogP contribution is 2.34. The zero-order valence-corrected chi connectivity index (χ0v) is 22.6. The molecule has 2 saturated heterocycles. The molecule has 3 aliphatic rings. The van der Waals surface area contributed by atoms with E-state index in [4.69, 9.17) is 26.3 Å². The highest BCUT2D eigenvalue weighted by molar-refractivity contribution is 7.91. The number of nitrogens with zero attached hydrogens (tertiary/aromatic N) is 5. The van der Waals surface area contributed by atoms with Crippen molar-refractivity contribution in [3.8, 4) is 0 Å². The number of nitrogens with one attached hydrogen (secondary N) is 1. The molecule has 1 unspecified atom stereocenters. The molecule has 2 aromatic rings. The molecule has 1 aromatic carbocycles. The van der Waals surface area contributed by atoms with Gasteiger partial charge in [-0.2, -0.15) is 4.98 Å².